The van der Waals surface area contributed by atoms with E-state index in [1.54, 1.807) is 0 Å². The fourth-order valence-electron chi connectivity index (χ4n) is 0.753. The zero-order valence-electron chi connectivity index (χ0n) is 7.10. The molecule has 0 aliphatic rings. The minimum Gasteiger partial charge on any atom is -0.316 e. The summed E-state index contributed by atoms with van der Waals surface area (Å²) in [6.07, 6.45) is 4.96. The number of hydrogen-bond donors (Lipinski definition) is 1. The molecular weight excluding hydrogens is 156 g/mol. The van der Waals surface area contributed by atoms with E-state index in [1.807, 2.05) is 11.8 Å². The van der Waals surface area contributed by atoms with E-state index in [0.717, 1.165) is 25.9 Å². The first-order valence-corrected chi connectivity index (χ1v) is 5.38. The van der Waals surface area contributed by atoms with Crippen LogP contribution >= 0.6 is 11.8 Å². The van der Waals surface area contributed by atoms with Gasteiger partial charge in [0.15, 0.2) is 0 Å². The van der Waals surface area contributed by atoms with Crippen LogP contribution in [-0.4, -0.2) is 25.1 Å². The largest absolute Gasteiger partial charge is 0.316 e. The van der Waals surface area contributed by atoms with Gasteiger partial charge in [-0.05, 0) is 25.6 Å². The van der Waals surface area contributed by atoms with Crippen LogP contribution in [0, 0.1) is 11.3 Å². The second-order valence-electron chi connectivity index (χ2n) is 2.36. The molecule has 11 heavy (non-hydrogen) atoms. The number of rotatable bonds is 7. The third-order valence-electron chi connectivity index (χ3n) is 1.38. The summed E-state index contributed by atoms with van der Waals surface area (Å²) in [5.41, 5.74) is 0. The Morgan fingerprint density at radius 3 is 2.82 bits per heavy atom. The minimum absolute atomic E-state index is 0.699. The first-order valence-electron chi connectivity index (χ1n) is 3.98. The van der Waals surface area contributed by atoms with Crippen LogP contribution in [0.2, 0.25) is 0 Å². The van der Waals surface area contributed by atoms with Crippen LogP contribution in [0.25, 0.3) is 0 Å². The highest BCUT2D eigenvalue weighted by atomic mass is 32.2. The molecule has 0 saturated carbocycles. The van der Waals surface area contributed by atoms with E-state index in [2.05, 4.69) is 17.6 Å². The van der Waals surface area contributed by atoms with Crippen molar-refractivity contribution in [3.05, 3.63) is 0 Å². The van der Waals surface area contributed by atoms with Crippen LogP contribution in [0.1, 0.15) is 19.3 Å². The number of hydrogen-bond acceptors (Lipinski definition) is 3. The Bertz CT molecular complexity index is 109. The molecule has 0 aromatic heterocycles. The normalized spacial score (nSPS) is 9.45. The maximum absolute atomic E-state index is 8.23. The third-order valence-corrected chi connectivity index (χ3v) is 1.99. The van der Waals surface area contributed by atoms with E-state index in [9.17, 15) is 0 Å². The fourth-order valence-corrected chi connectivity index (χ4v) is 1.10. The summed E-state index contributed by atoms with van der Waals surface area (Å²) >= 11 is 1.86. The van der Waals surface area contributed by atoms with E-state index in [4.69, 9.17) is 5.26 Å². The lowest BCUT2D eigenvalue weighted by Gasteiger charge is -2.00. The second kappa shape index (κ2) is 9.80. The van der Waals surface area contributed by atoms with Gasteiger partial charge in [-0.1, -0.05) is 0 Å². The van der Waals surface area contributed by atoms with Crippen LogP contribution in [0.5, 0.6) is 0 Å². The summed E-state index contributed by atoms with van der Waals surface area (Å²) < 4.78 is 0. The molecule has 3 heteroatoms. The van der Waals surface area contributed by atoms with Crippen molar-refractivity contribution < 1.29 is 0 Å². The molecule has 0 aliphatic carbocycles. The second-order valence-corrected chi connectivity index (χ2v) is 3.34. The van der Waals surface area contributed by atoms with E-state index in [0.29, 0.717) is 6.42 Å². The highest BCUT2D eigenvalue weighted by molar-refractivity contribution is 7.98. The fraction of sp³-hybridized carbons (Fsp3) is 0.875. The average molecular weight is 172 g/mol. The predicted octanol–water partition coefficient (Wildman–Crippen LogP) is 1.63. The maximum atomic E-state index is 8.23. The van der Waals surface area contributed by atoms with E-state index in [-0.39, 0.29) is 0 Å². The number of nitriles is 1. The number of nitrogens with zero attached hydrogens (tertiary/aromatic N) is 1. The standard InChI is InChI=1S/C8H16N2S/c1-11-8-7-10-6-4-2-3-5-9/h10H,2-4,6-8H2,1H3. The number of thioether (sulfide) groups is 1. The Morgan fingerprint density at radius 2 is 2.18 bits per heavy atom. The van der Waals surface area contributed by atoms with Gasteiger partial charge in [0.2, 0.25) is 0 Å². The summed E-state index contributed by atoms with van der Waals surface area (Å²) in [7, 11) is 0. The summed E-state index contributed by atoms with van der Waals surface area (Å²) in [4.78, 5) is 0. The van der Waals surface area contributed by atoms with Gasteiger partial charge in [-0.2, -0.15) is 17.0 Å². The highest BCUT2D eigenvalue weighted by Gasteiger charge is 1.87. The quantitative estimate of drug-likeness (QED) is 0.593. The van der Waals surface area contributed by atoms with Crippen molar-refractivity contribution in [3.63, 3.8) is 0 Å². The lowest BCUT2D eigenvalue weighted by Crippen LogP contribution is -2.18. The molecule has 0 amide bonds. The van der Waals surface area contributed by atoms with Gasteiger partial charge in [0.1, 0.15) is 0 Å². The van der Waals surface area contributed by atoms with Crippen molar-refractivity contribution in [2.45, 2.75) is 19.3 Å². The molecule has 0 aromatic carbocycles. The van der Waals surface area contributed by atoms with Crippen molar-refractivity contribution in [1.29, 1.82) is 5.26 Å². The number of nitrogens with one attached hydrogen (secondary N) is 1. The molecule has 0 rings (SSSR count). The molecule has 0 aliphatic heterocycles. The van der Waals surface area contributed by atoms with Gasteiger partial charge in [0, 0.05) is 18.7 Å². The van der Waals surface area contributed by atoms with Gasteiger partial charge in [-0.3, -0.25) is 0 Å². The van der Waals surface area contributed by atoms with Crippen molar-refractivity contribution >= 4 is 11.8 Å². The van der Waals surface area contributed by atoms with Crippen molar-refractivity contribution in [1.82, 2.24) is 5.32 Å². The van der Waals surface area contributed by atoms with Gasteiger partial charge in [-0.15, -0.1) is 0 Å². The molecule has 0 fully saturated rings. The molecule has 0 bridgehead atoms. The molecule has 0 spiro atoms. The van der Waals surface area contributed by atoms with Crippen LogP contribution in [0.4, 0.5) is 0 Å². The molecular formula is C8H16N2S. The average Bonchev–Trinajstić information content (AvgIpc) is 2.03. The van der Waals surface area contributed by atoms with Crippen molar-refractivity contribution in [2.75, 3.05) is 25.1 Å². The van der Waals surface area contributed by atoms with E-state index in [1.165, 1.54) is 5.75 Å². The van der Waals surface area contributed by atoms with Crippen LogP contribution < -0.4 is 5.32 Å². The zero-order valence-corrected chi connectivity index (χ0v) is 7.91. The third kappa shape index (κ3) is 9.80. The molecule has 64 valence electrons. The monoisotopic (exact) mass is 172 g/mol. The molecule has 0 atom stereocenters. The van der Waals surface area contributed by atoms with Gasteiger partial charge < -0.3 is 5.32 Å². The molecule has 2 nitrogen and oxygen atoms in total. The Hall–Kier alpha value is -0.200. The summed E-state index contributed by atoms with van der Waals surface area (Å²) in [5, 5.41) is 11.5. The molecule has 1 N–H and O–H groups in total. The first-order chi connectivity index (χ1) is 5.41. The van der Waals surface area contributed by atoms with Crippen LogP contribution in [-0.2, 0) is 0 Å². The lowest BCUT2D eigenvalue weighted by molar-refractivity contribution is 0.650. The van der Waals surface area contributed by atoms with Gasteiger partial charge in [-0.25, -0.2) is 0 Å². The SMILES string of the molecule is CSCCNCCCCC#N. The Labute approximate surface area is 73.4 Å². The van der Waals surface area contributed by atoms with E-state index < -0.39 is 0 Å². The lowest BCUT2D eigenvalue weighted by atomic mass is 10.2. The Morgan fingerprint density at radius 1 is 1.36 bits per heavy atom. The van der Waals surface area contributed by atoms with E-state index >= 15 is 0 Å². The first kappa shape index (κ1) is 10.8. The van der Waals surface area contributed by atoms with Gasteiger partial charge >= 0.3 is 0 Å². The maximum Gasteiger partial charge on any atom is 0.0621 e. The highest BCUT2D eigenvalue weighted by Crippen LogP contribution is 1.92. The smallest absolute Gasteiger partial charge is 0.0621 e. The summed E-state index contributed by atoms with van der Waals surface area (Å²) in [6, 6.07) is 2.14. The van der Waals surface area contributed by atoms with Crippen LogP contribution in [0.15, 0.2) is 0 Å². The zero-order chi connectivity index (χ0) is 8.36. The van der Waals surface area contributed by atoms with Crippen LogP contribution in [0.3, 0.4) is 0 Å². The molecule has 0 radical (unpaired) electrons. The Kier molecular flexibility index (Phi) is 9.62. The summed E-state index contributed by atoms with van der Waals surface area (Å²) in [5.74, 6) is 1.18. The van der Waals surface area contributed by atoms with Gasteiger partial charge in [0.25, 0.3) is 0 Å². The van der Waals surface area contributed by atoms with Crippen molar-refractivity contribution in [3.8, 4) is 6.07 Å². The predicted molar refractivity (Wildman–Crippen MR) is 50.7 cm³/mol. The van der Waals surface area contributed by atoms with Gasteiger partial charge in [0.05, 0.1) is 6.07 Å². The Balaban J connectivity index is 2.75. The summed E-state index contributed by atoms with van der Waals surface area (Å²) in [6.45, 7) is 2.15. The molecule has 0 aromatic rings. The van der Waals surface area contributed by atoms with Crippen molar-refractivity contribution in [2.24, 2.45) is 0 Å². The molecule has 0 unspecified atom stereocenters. The minimum atomic E-state index is 0.699. The topological polar surface area (TPSA) is 35.8 Å². The number of unbranched alkanes of at least 4 members (excludes halogenated alkanes) is 2. The molecule has 0 heterocycles. The molecule has 0 saturated heterocycles.